The number of likely N-dealkylation sites (N-methyl/N-ethyl adjacent to an activating group) is 1. The van der Waals surface area contributed by atoms with E-state index in [1.807, 2.05) is 0 Å². The van der Waals surface area contributed by atoms with Crippen molar-refractivity contribution in [2.45, 2.75) is 18.9 Å². The van der Waals surface area contributed by atoms with E-state index in [1.54, 1.807) is 6.07 Å². The summed E-state index contributed by atoms with van der Waals surface area (Å²) in [6, 6.07) is 3.83. The molecule has 0 aromatic carbocycles. The Hall–Kier alpha value is -1.62. The van der Waals surface area contributed by atoms with Crippen LogP contribution in [0.1, 0.15) is 23.3 Å². The van der Waals surface area contributed by atoms with Crippen LogP contribution in [0.25, 0.3) is 0 Å². The van der Waals surface area contributed by atoms with Crippen molar-refractivity contribution in [2.24, 2.45) is 0 Å². The van der Waals surface area contributed by atoms with Crippen molar-refractivity contribution in [3.05, 3.63) is 24.0 Å². The zero-order chi connectivity index (χ0) is 12.3. The standard InChI is InChI=1S/C12H16N2O3/c1-14(9-2-3-9)6-7-17-10-4-5-13-11(8-10)12(15)16/h4-5,8-9H,2-3,6-7H2,1H3,(H,15,16). The molecule has 2 rings (SSSR count). The minimum Gasteiger partial charge on any atom is -0.492 e. The highest BCUT2D eigenvalue weighted by atomic mass is 16.5. The van der Waals surface area contributed by atoms with Crippen molar-refractivity contribution < 1.29 is 14.6 Å². The number of hydrogen-bond acceptors (Lipinski definition) is 4. The minimum atomic E-state index is -1.04. The van der Waals surface area contributed by atoms with Crippen molar-refractivity contribution in [2.75, 3.05) is 20.2 Å². The number of ether oxygens (including phenoxy) is 1. The van der Waals surface area contributed by atoms with E-state index in [1.165, 1.54) is 25.1 Å². The minimum absolute atomic E-state index is 0.0121. The second-order valence-electron chi connectivity index (χ2n) is 4.24. The molecule has 0 atom stereocenters. The van der Waals surface area contributed by atoms with Crippen LogP contribution < -0.4 is 4.74 Å². The first kappa shape index (κ1) is 11.9. The summed E-state index contributed by atoms with van der Waals surface area (Å²) >= 11 is 0. The van der Waals surface area contributed by atoms with Crippen LogP contribution in [-0.2, 0) is 0 Å². The Balaban J connectivity index is 1.81. The molecule has 0 bridgehead atoms. The Kier molecular flexibility index (Phi) is 3.58. The van der Waals surface area contributed by atoms with E-state index in [-0.39, 0.29) is 5.69 Å². The average molecular weight is 236 g/mol. The molecule has 0 saturated heterocycles. The largest absolute Gasteiger partial charge is 0.492 e. The fourth-order valence-corrected chi connectivity index (χ4v) is 1.62. The molecule has 0 unspecified atom stereocenters. The van der Waals surface area contributed by atoms with Gasteiger partial charge in [-0.15, -0.1) is 0 Å². The number of aromatic carboxylic acids is 1. The number of hydrogen-bond donors (Lipinski definition) is 1. The maximum Gasteiger partial charge on any atom is 0.354 e. The molecule has 0 spiro atoms. The van der Waals surface area contributed by atoms with Gasteiger partial charge in [-0.25, -0.2) is 9.78 Å². The van der Waals surface area contributed by atoms with Crippen LogP contribution >= 0.6 is 0 Å². The summed E-state index contributed by atoms with van der Waals surface area (Å²) < 4.78 is 5.50. The predicted octanol–water partition coefficient (Wildman–Crippen LogP) is 1.25. The van der Waals surface area contributed by atoms with Gasteiger partial charge in [-0.2, -0.15) is 0 Å². The summed E-state index contributed by atoms with van der Waals surface area (Å²) in [5, 5.41) is 8.78. The highest BCUT2D eigenvalue weighted by Crippen LogP contribution is 2.24. The zero-order valence-electron chi connectivity index (χ0n) is 9.80. The van der Waals surface area contributed by atoms with Crippen LogP contribution in [0, 0.1) is 0 Å². The van der Waals surface area contributed by atoms with Crippen molar-refractivity contribution in [3.63, 3.8) is 0 Å². The summed E-state index contributed by atoms with van der Waals surface area (Å²) in [4.78, 5) is 16.7. The van der Waals surface area contributed by atoms with Gasteiger partial charge in [0.25, 0.3) is 0 Å². The van der Waals surface area contributed by atoms with Gasteiger partial charge >= 0.3 is 5.97 Å². The third-order valence-electron chi connectivity index (χ3n) is 2.83. The Labute approximate surface area is 100 Å². The first-order valence-electron chi connectivity index (χ1n) is 5.69. The van der Waals surface area contributed by atoms with Gasteiger partial charge in [0.2, 0.25) is 0 Å². The number of carboxylic acids is 1. The lowest BCUT2D eigenvalue weighted by Gasteiger charge is -2.15. The molecule has 1 N–H and O–H groups in total. The molecule has 0 aliphatic heterocycles. The molecular weight excluding hydrogens is 220 g/mol. The average Bonchev–Trinajstić information content (AvgIpc) is 3.13. The number of rotatable bonds is 6. The van der Waals surface area contributed by atoms with Crippen molar-refractivity contribution in [1.29, 1.82) is 0 Å². The lowest BCUT2D eigenvalue weighted by molar-refractivity contribution is 0.0690. The normalized spacial score (nSPS) is 14.9. The molecule has 1 saturated carbocycles. The first-order chi connectivity index (χ1) is 8.16. The van der Waals surface area contributed by atoms with E-state index in [0.29, 0.717) is 18.4 Å². The third-order valence-corrected chi connectivity index (χ3v) is 2.83. The van der Waals surface area contributed by atoms with Crippen molar-refractivity contribution in [1.82, 2.24) is 9.88 Å². The summed E-state index contributed by atoms with van der Waals surface area (Å²) in [7, 11) is 2.08. The Morgan fingerprint density at radius 1 is 1.65 bits per heavy atom. The summed E-state index contributed by atoms with van der Waals surface area (Å²) in [5.41, 5.74) is 0.0121. The Morgan fingerprint density at radius 2 is 2.41 bits per heavy atom. The summed E-state index contributed by atoms with van der Waals surface area (Å²) in [6.07, 6.45) is 3.99. The monoisotopic (exact) mass is 236 g/mol. The van der Waals surface area contributed by atoms with Crippen LogP contribution in [-0.4, -0.2) is 47.2 Å². The second kappa shape index (κ2) is 5.14. The molecule has 1 aliphatic rings. The van der Waals surface area contributed by atoms with Crippen LogP contribution in [0.4, 0.5) is 0 Å². The number of carboxylic acid groups (broad SMARTS) is 1. The van der Waals surface area contributed by atoms with E-state index < -0.39 is 5.97 Å². The molecule has 1 aromatic rings. The van der Waals surface area contributed by atoms with Gasteiger partial charge in [-0.3, -0.25) is 0 Å². The highest BCUT2D eigenvalue weighted by Gasteiger charge is 2.25. The zero-order valence-corrected chi connectivity index (χ0v) is 9.80. The molecule has 1 fully saturated rings. The fourth-order valence-electron chi connectivity index (χ4n) is 1.62. The van der Waals surface area contributed by atoms with Gasteiger partial charge in [0.15, 0.2) is 5.69 Å². The van der Waals surface area contributed by atoms with Gasteiger partial charge in [-0.1, -0.05) is 0 Å². The quantitative estimate of drug-likeness (QED) is 0.805. The number of pyridine rings is 1. The maximum atomic E-state index is 10.7. The van der Waals surface area contributed by atoms with Gasteiger partial charge in [0.05, 0.1) is 0 Å². The SMILES string of the molecule is CN(CCOc1ccnc(C(=O)O)c1)C1CC1. The first-order valence-corrected chi connectivity index (χ1v) is 5.69. The fraction of sp³-hybridized carbons (Fsp3) is 0.500. The number of carbonyl (C=O) groups is 1. The Bertz CT molecular complexity index is 404. The smallest absolute Gasteiger partial charge is 0.354 e. The Morgan fingerprint density at radius 3 is 3.06 bits per heavy atom. The van der Waals surface area contributed by atoms with Gasteiger partial charge in [-0.05, 0) is 26.0 Å². The number of nitrogens with zero attached hydrogens (tertiary/aromatic N) is 2. The molecule has 5 heteroatoms. The van der Waals surface area contributed by atoms with E-state index in [0.717, 1.165) is 6.54 Å². The molecular formula is C12H16N2O3. The third kappa shape index (κ3) is 3.42. The van der Waals surface area contributed by atoms with E-state index in [2.05, 4.69) is 16.9 Å². The number of aromatic nitrogens is 1. The molecule has 0 radical (unpaired) electrons. The van der Waals surface area contributed by atoms with E-state index in [4.69, 9.17) is 9.84 Å². The van der Waals surface area contributed by atoms with E-state index in [9.17, 15) is 4.79 Å². The molecule has 0 amide bonds. The van der Waals surface area contributed by atoms with Crippen molar-refractivity contribution >= 4 is 5.97 Å². The molecule has 17 heavy (non-hydrogen) atoms. The van der Waals surface area contributed by atoms with Gasteiger partial charge < -0.3 is 14.7 Å². The van der Waals surface area contributed by atoms with Crippen LogP contribution in [0.5, 0.6) is 5.75 Å². The van der Waals surface area contributed by atoms with Crippen LogP contribution in [0.3, 0.4) is 0 Å². The second-order valence-corrected chi connectivity index (χ2v) is 4.24. The van der Waals surface area contributed by atoms with Gasteiger partial charge in [0, 0.05) is 24.8 Å². The van der Waals surface area contributed by atoms with Crippen LogP contribution in [0.2, 0.25) is 0 Å². The van der Waals surface area contributed by atoms with Crippen LogP contribution in [0.15, 0.2) is 18.3 Å². The molecule has 1 aromatic heterocycles. The summed E-state index contributed by atoms with van der Waals surface area (Å²) in [5.74, 6) is -0.479. The topological polar surface area (TPSA) is 62.7 Å². The van der Waals surface area contributed by atoms with E-state index >= 15 is 0 Å². The molecule has 92 valence electrons. The van der Waals surface area contributed by atoms with Crippen molar-refractivity contribution in [3.8, 4) is 5.75 Å². The lowest BCUT2D eigenvalue weighted by Crippen LogP contribution is -2.26. The molecule has 1 aliphatic carbocycles. The summed E-state index contributed by atoms with van der Waals surface area (Å²) in [6.45, 7) is 1.42. The lowest BCUT2D eigenvalue weighted by atomic mass is 10.3. The predicted molar refractivity (Wildman–Crippen MR) is 62.3 cm³/mol. The van der Waals surface area contributed by atoms with Gasteiger partial charge in [0.1, 0.15) is 12.4 Å². The molecule has 1 heterocycles. The highest BCUT2D eigenvalue weighted by molar-refractivity contribution is 5.85. The molecule has 5 nitrogen and oxygen atoms in total. The maximum absolute atomic E-state index is 10.7.